The Morgan fingerprint density at radius 2 is 1.88 bits per heavy atom. The Kier molecular flexibility index (Phi) is 7.54. The van der Waals surface area contributed by atoms with Gasteiger partial charge in [-0.3, -0.25) is 4.79 Å². The molecule has 3 N–H and O–H groups in total. The fraction of sp³-hybridized carbons (Fsp3) is 0.833. The van der Waals surface area contributed by atoms with Crippen molar-refractivity contribution in [3.05, 3.63) is 0 Å². The van der Waals surface area contributed by atoms with Gasteiger partial charge in [-0.15, -0.1) is 0 Å². The van der Waals surface area contributed by atoms with Gasteiger partial charge in [0.15, 0.2) is 0 Å². The van der Waals surface area contributed by atoms with Crippen LogP contribution in [0, 0.1) is 5.92 Å². The Bertz CT molecular complexity index is 253. The molecule has 0 aliphatic carbocycles. The van der Waals surface area contributed by atoms with Gasteiger partial charge in [0.2, 0.25) is 5.91 Å². The van der Waals surface area contributed by atoms with E-state index in [0.29, 0.717) is 12.8 Å². The zero-order valence-electron chi connectivity index (χ0n) is 10.8. The van der Waals surface area contributed by atoms with Crippen molar-refractivity contribution in [2.75, 3.05) is 0 Å². The van der Waals surface area contributed by atoms with Crippen LogP contribution in [0.25, 0.3) is 0 Å². The summed E-state index contributed by atoms with van der Waals surface area (Å²) in [4.78, 5) is 22.4. The summed E-state index contributed by atoms with van der Waals surface area (Å²) in [6, 6.07) is -0.899. The molecule has 0 heterocycles. The largest absolute Gasteiger partial charge is 0.480 e. The van der Waals surface area contributed by atoms with Gasteiger partial charge < -0.3 is 15.5 Å². The van der Waals surface area contributed by atoms with Gasteiger partial charge in [0.1, 0.15) is 12.1 Å². The maximum absolute atomic E-state index is 11.5. The molecule has 0 unspecified atom stereocenters. The highest BCUT2D eigenvalue weighted by molar-refractivity contribution is 5.86. The summed E-state index contributed by atoms with van der Waals surface area (Å²) in [5.74, 6) is -1.46. The molecule has 1 amide bonds. The van der Waals surface area contributed by atoms with E-state index in [1.54, 1.807) is 0 Å². The number of carboxylic acids is 1. The molecule has 0 aliphatic rings. The number of amides is 1. The second-order valence-corrected chi connectivity index (χ2v) is 4.69. The molecule has 0 saturated heterocycles. The SMILES string of the molecule is CCCC[C@H](NC(=O)[C@@H](O)CC(C)C)C(=O)O. The van der Waals surface area contributed by atoms with E-state index in [0.717, 1.165) is 12.8 Å². The van der Waals surface area contributed by atoms with Crippen LogP contribution in [0.3, 0.4) is 0 Å². The number of nitrogens with one attached hydrogen (secondary N) is 1. The van der Waals surface area contributed by atoms with E-state index in [9.17, 15) is 14.7 Å². The lowest BCUT2D eigenvalue weighted by atomic mass is 10.0. The molecular formula is C12H23NO4. The standard InChI is InChI=1S/C12H23NO4/c1-4-5-6-9(12(16)17)13-11(15)10(14)7-8(2)3/h8-10,14H,4-7H2,1-3H3,(H,13,15)(H,16,17)/t9-,10-/m0/s1. The van der Waals surface area contributed by atoms with Crippen LogP contribution in [-0.2, 0) is 9.59 Å². The molecule has 0 spiro atoms. The second kappa shape index (κ2) is 8.06. The van der Waals surface area contributed by atoms with Crippen LogP contribution < -0.4 is 5.32 Å². The predicted octanol–water partition coefficient (Wildman–Crippen LogP) is 1.15. The van der Waals surface area contributed by atoms with Gasteiger partial charge in [0.25, 0.3) is 0 Å². The Hall–Kier alpha value is -1.10. The third kappa shape index (κ3) is 6.94. The van der Waals surface area contributed by atoms with Crippen LogP contribution in [0.15, 0.2) is 0 Å². The number of aliphatic hydroxyl groups excluding tert-OH is 1. The molecule has 0 rings (SSSR count). The number of hydrogen-bond acceptors (Lipinski definition) is 3. The summed E-state index contributed by atoms with van der Waals surface area (Å²) in [6.45, 7) is 5.73. The number of hydrogen-bond donors (Lipinski definition) is 3. The third-order valence-electron chi connectivity index (χ3n) is 2.46. The fourth-order valence-electron chi connectivity index (χ4n) is 1.49. The molecule has 100 valence electrons. The third-order valence-corrected chi connectivity index (χ3v) is 2.46. The topological polar surface area (TPSA) is 86.6 Å². The van der Waals surface area contributed by atoms with Gasteiger partial charge in [-0.25, -0.2) is 4.79 Å². The average Bonchev–Trinajstić information content (AvgIpc) is 2.22. The maximum Gasteiger partial charge on any atom is 0.326 e. The first kappa shape index (κ1) is 15.9. The maximum atomic E-state index is 11.5. The van der Waals surface area contributed by atoms with E-state index in [-0.39, 0.29) is 5.92 Å². The summed E-state index contributed by atoms with van der Waals surface area (Å²) in [6.07, 6.45) is 1.21. The van der Waals surface area contributed by atoms with E-state index in [1.165, 1.54) is 0 Å². The number of carbonyl (C=O) groups excluding carboxylic acids is 1. The van der Waals surface area contributed by atoms with Gasteiger partial charge in [0.05, 0.1) is 0 Å². The zero-order chi connectivity index (χ0) is 13.4. The summed E-state index contributed by atoms with van der Waals surface area (Å²) in [5.41, 5.74) is 0. The van der Waals surface area contributed by atoms with Crippen molar-refractivity contribution in [2.24, 2.45) is 5.92 Å². The molecule has 0 aromatic rings. The van der Waals surface area contributed by atoms with Crippen LogP contribution in [0.1, 0.15) is 46.5 Å². The Balaban J connectivity index is 4.24. The van der Waals surface area contributed by atoms with Crippen molar-refractivity contribution in [1.82, 2.24) is 5.32 Å². The van der Waals surface area contributed by atoms with Crippen LogP contribution in [0.4, 0.5) is 0 Å². The summed E-state index contributed by atoms with van der Waals surface area (Å²) in [5, 5.41) is 20.8. The molecule has 0 aromatic carbocycles. The number of aliphatic hydroxyl groups is 1. The predicted molar refractivity (Wildman–Crippen MR) is 64.6 cm³/mol. The van der Waals surface area contributed by atoms with Crippen LogP contribution in [0.5, 0.6) is 0 Å². The molecule has 0 aliphatic heterocycles. The highest BCUT2D eigenvalue weighted by atomic mass is 16.4. The Labute approximate surface area is 102 Å². The highest BCUT2D eigenvalue weighted by Gasteiger charge is 2.23. The number of unbranched alkanes of at least 4 members (excludes halogenated alkanes) is 1. The molecule has 0 radical (unpaired) electrons. The summed E-state index contributed by atoms with van der Waals surface area (Å²) < 4.78 is 0. The summed E-state index contributed by atoms with van der Waals surface area (Å²) in [7, 11) is 0. The lowest BCUT2D eigenvalue weighted by molar-refractivity contribution is -0.143. The van der Waals surface area contributed by atoms with E-state index in [4.69, 9.17) is 5.11 Å². The smallest absolute Gasteiger partial charge is 0.326 e. The fourth-order valence-corrected chi connectivity index (χ4v) is 1.49. The first-order chi connectivity index (χ1) is 7.88. The molecule has 0 aromatic heterocycles. The first-order valence-corrected chi connectivity index (χ1v) is 6.09. The molecule has 0 bridgehead atoms. The van der Waals surface area contributed by atoms with Gasteiger partial charge in [0, 0.05) is 0 Å². The minimum absolute atomic E-state index is 0.190. The minimum Gasteiger partial charge on any atom is -0.480 e. The van der Waals surface area contributed by atoms with Crippen molar-refractivity contribution >= 4 is 11.9 Å². The van der Waals surface area contributed by atoms with E-state index in [2.05, 4.69) is 5.32 Å². The Morgan fingerprint density at radius 1 is 1.29 bits per heavy atom. The lowest BCUT2D eigenvalue weighted by Crippen LogP contribution is -2.45. The van der Waals surface area contributed by atoms with Crippen molar-refractivity contribution in [2.45, 2.75) is 58.6 Å². The first-order valence-electron chi connectivity index (χ1n) is 6.09. The van der Waals surface area contributed by atoms with Crippen molar-refractivity contribution in [1.29, 1.82) is 0 Å². The van der Waals surface area contributed by atoms with E-state index in [1.807, 2.05) is 20.8 Å². The number of rotatable bonds is 8. The van der Waals surface area contributed by atoms with Crippen LogP contribution in [0.2, 0.25) is 0 Å². The average molecular weight is 245 g/mol. The minimum atomic E-state index is -1.13. The zero-order valence-corrected chi connectivity index (χ0v) is 10.8. The monoisotopic (exact) mass is 245 g/mol. The van der Waals surface area contributed by atoms with Gasteiger partial charge in [-0.05, 0) is 18.8 Å². The number of carboxylic acid groups (broad SMARTS) is 1. The lowest BCUT2D eigenvalue weighted by Gasteiger charge is -2.18. The molecule has 17 heavy (non-hydrogen) atoms. The normalized spacial score (nSPS) is 14.4. The van der Waals surface area contributed by atoms with Gasteiger partial charge in [-0.1, -0.05) is 33.6 Å². The molecule has 5 heteroatoms. The van der Waals surface area contributed by atoms with Crippen LogP contribution >= 0.6 is 0 Å². The molecule has 0 saturated carbocycles. The van der Waals surface area contributed by atoms with Crippen molar-refractivity contribution < 1.29 is 19.8 Å². The number of carbonyl (C=O) groups is 2. The van der Waals surface area contributed by atoms with Crippen molar-refractivity contribution in [3.63, 3.8) is 0 Å². The number of aliphatic carboxylic acids is 1. The van der Waals surface area contributed by atoms with E-state index < -0.39 is 24.0 Å². The molecular weight excluding hydrogens is 222 g/mol. The van der Waals surface area contributed by atoms with Gasteiger partial charge in [-0.2, -0.15) is 0 Å². The summed E-state index contributed by atoms with van der Waals surface area (Å²) >= 11 is 0. The second-order valence-electron chi connectivity index (χ2n) is 4.69. The van der Waals surface area contributed by atoms with Crippen LogP contribution in [-0.4, -0.2) is 34.2 Å². The van der Waals surface area contributed by atoms with Crippen molar-refractivity contribution in [3.8, 4) is 0 Å². The molecule has 5 nitrogen and oxygen atoms in total. The highest BCUT2D eigenvalue weighted by Crippen LogP contribution is 2.06. The van der Waals surface area contributed by atoms with Gasteiger partial charge >= 0.3 is 5.97 Å². The quantitative estimate of drug-likeness (QED) is 0.598. The Morgan fingerprint density at radius 3 is 2.29 bits per heavy atom. The molecule has 0 fully saturated rings. The van der Waals surface area contributed by atoms with E-state index >= 15 is 0 Å². The molecule has 2 atom stereocenters.